The summed E-state index contributed by atoms with van der Waals surface area (Å²) in [6.07, 6.45) is 7.34. The predicted molar refractivity (Wildman–Crippen MR) is 115 cm³/mol. The Kier molecular flexibility index (Phi) is 6.65. The monoisotopic (exact) mass is 409 g/mol. The van der Waals surface area contributed by atoms with E-state index in [4.69, 9.17) is 9.47 Å². The lowest BCUT2D eigenvalue weighted by atomic mass is 9.87. The van der Waals surface area contributed by atoms with Gasteiger partial charge in [-0.15, -0.1) is 0 Å². The van der Waals surface area contributed by atoms with E-state index >= 15 is 0 Å². The van der Waals surface area contributed by atoms with Crippen LogP contribution < -0.4 is 4.74 Å². The maximum absolute atomic E-state index is 12.7. The number of piperidine rings is 1. The van der Waals surface area contributed by atoms with E-state index < -0.39 is 0 Å². The Hall–Kier alpha value is -2.44. The standard InChI is InChI=1S/C24H31N3O3/c1-29-21-8-5-18(6-9-21)7-10-23(28)26-14-11-20(12-15-26)27-17-22(30-2)24(27)19-4-3-13-25-16-19/h3-6,8-9,13,16,20,22,24H,7,10-12,14-15,17H2,1-2H3/t22-,24-/m0/s1. The molecule has 1 amide bonds. The van der Waals surface area contributed by atoms with Crippen LogP contribution in [0, 0.1) is 0 Å². The molecular formula is C24H31N3O3. The van der Waals surface area contributed by atoms with Crippen molar-refractivity contribution in [2.75, 3.05) is 33.9 Å². The van der Waals surface area contributed by atoms with E-state index in [0.29, 0.717) is 12.5 Å². The fourth-order valence-corrected chi connectivity index (χ4v) is 4.68. The maximum Gasteiger partial charge on any atom is 0.222 e. The van der Waals surface area contributed by atoms with Crippen LogP contribution in [0.2, 0.25) is 0 Å². The van der Waals surface area contributed by atoms with Crippen molar-refractivity contribution in [1.29, 1.82) is 0 Å². The minimum Gasteiger partial charge on any atom is -0.497 e. The third kappa shape index (κ3) is 4.50. The molecule has 6 heteroatoms. The van der Waals surface area contributed by atoms with Crippen molar-refractivity contribution >= 4 is 5.91 Å². The van der Waals surface area contributed by atoms with E-state index in [9.17, 15) is 4.79 Å². The topological polar surface area (TPSA) is 54.9 Å². The van der Waals surface area contributed by atoms with Crippen LogP contribution in [0.3, 0.4) is 0 Å². The summed E-state index contributed by atoms with van der Waals surface area (Å²) in [5, 5.41) is 0. The predicted octanol–water partition coefficient (Wildman–Crippen LogP) is 3.09. The molecule has 6 nitrogen and oxygen atoms in total. The molecule has 0 spiro atoms. The van der Waals surface area contributed by atoms with Gasteiger partial charge >= 0.3 is 0 Å². The van der Waals surface area contributed by atoms with Gasteiger partial charge < -0.3 is 14.4 Å². The number of nitrogens with zero attached hydrogens (tertiary/aromatic N) is 3. The number of benzene rings is 1. The molecule has 2 saturated heterocycles. The van der Waals surface area contributed by atoms with Crippen LogP contribution >= 0.6 is 0 Å². The van der Waals surface area contributed by atoms with E-state index in [1.165, 1.54) is 11.1 Å². The molecule has 30 heavy (non-hydrogen) atoms. The number of aryl methyl sites for hydroxylation is 1. The molecule has 0 unspecified atom stereocenters. The van der Waals surface area contributed by atoms with Crippen LogP contribution in [0.25, 0.3) is 0 Å². The largest absolute Gasteiger partial charge is 0.497 e. The zero-order chi connectivity index (χ0) is 20.9. The highest BCUT2D eigenvalue weighted by atomic mass is 16.5. The molecule has 2 aromatic rings. The molecule has 2 fully saturated rings. The number of aromatic nitrogens is 1. The van der Waals surface area contributed by atoms with Gasteiger partial charge in [0.05, 0.1) is 19.3 Å². The molecule has 2 aliphatic heterocycles. The van der Waals surface area contributed by atoms with Crippen LogP contribution in [0.5, 0.6) is 5.75 Å². The van der Waals surface area contributed by atoms with E-state index in [1.54, 1.807) is 14.2 Å². The number of carbonyl (C=O) groups excluding carboxylic acids is 1. The number of rotatable bonds is 7. The van der Waals surface area contributed by atoms with Gasteiger partial charge in [0.1, 0.15) is 5.75 Å². The van der Waals surface area contributed by atoms with E-state index in [-0.39, 0.29) is 18.1 Å². The van der Waals surface area contributed by atoms with Crippen molar-refractivity contribution in [3.8, 4) is 5.75 Å². The summed E-state index contributed by atoms with van der Waals surface area (Å²) < 4.78 is 10.9. The van der Waals surface area contributed by atoms with Crippen molar-refractivity contribution < 1.29 is 14.3 Å². The first-order valence-corrected chi connectivity index (χ1v) is 10.8. The van der Waals surface area contributed by atoms with Gasteiger partial charge in [-0.2, -0.15) is 0 Å². The van der Waals surface area contributed by atoms with Crippen molar-refractivity contribution in [2.24, 2.45) is 0 Å². The Labute approximate surface area is 178 Å². The second kappa shape index (κ2) is 9.58. The summed E-state index contributed by atoms with van der Waals surface area (Å²) in [6, 6.07) is 12.9. The summed E-state index contributed by atoms with van der Waals surface area (Å²) in [7, 11) is 3.45. The van der Waals surface area contributed by atoms with Crippen LogP contribution in [-0.2, 0) is 16.0 Å². The molecule has 0 N–H and O–H groups in total. The Balaban J connectivity index is 1.27. The average Bonchev–Trinajstić information content (AvgIpc) is 2.78. The number of hydrogen-bond acceptors (Lipinski definition) is 5. The minimum atomic E-state index is 0.221. The molecule has 0 radical (unpaired) electrons. The van der Waals surface area contributed by atoms with Crippen LogP contribution in [-0.4, -0.2) is 66.7 Å². The molecule has 0 aliphatic carbocycles. The lowest BCUT2D eigenvalue weighted by molar-refractivity contribution is -0.137. The number of likely N-dealkylation sites (tertiary alicyclic amines) is 2. The first-order chi connectivity index (χ1) is 14.7. The van der Waals surface area contributed by atoms with Gasteiger partial charge in [-0.25, -0.2) is 0 Å². The van der Waals surface area contributed by atoms with Crippen LogP contribution in [0.1, 0.15) is 36.4 Å². The summed E-state index contributed by atoms with van der Waals surface area (Å²) >= 11 is 0. The molecule has 2 atom stereocenters. The summed E-state index contributed by atoms with van der Waals surface area (Å²) in [5.41, 5.74) is 2.39. The van der Waals surface area contributed by atoms with Crippen molar-refractivity contribution in [1.82, 2.24) is 14.8 Å². The fourth-order valence-electron chi connectivity index (χ4n) is 4.68. The number of carbonyl (C=O) groups is 1. The van der Waals surface area contributed by atoms with Crippen LogP contribution in [0.15, 0.2) is 48.8 Å². The van der Waals surface area contributed by atoms with Gasteiger partial charge in [-0.1, -0.05) is 18.2 Å². The van der Waals surface area contributed by atoms with Gasteiger partial charge in [0.25, 0.3) is 0 Å². The summed E-state index contributed by atoms with van der Waals surface area (Å²) in [4.78, 5) is 21.5. The first-order valence-electron chi connectivity index (χ1n) is 10.8. The normalized spacial score (nSPS) is 22.5. The SMILES string of the molecule is COc1ccc(CCC(=O)N2CCC(N3C[C@H](OC)[C@@H]3c3cccnc3)CC2)cc1. The summed E-state index contributed by atoms with van der Waals surface area (Å²) in [6.45, 7) is 2.62. The Morgan fingerprint density at radius 1 is 1.13 bits per heavy atom. The lowest BCUT2D eigenvalue weighted by Crippen LogP contribution is -2.60. The minimum absolute atomic E-state index is 0.221. The lowest BCUT2D eigenvalue weighted by Gasteiger charge is -2.53. The first kappa shape index (κ1) is 20.8. The van der Waals surface area contributed by atoms with Crippen LogP contribution in [0.4, 0.5) is 0 Å². The fraction of sp³-hybridized carbons (Fsp3) is 0.500. The molecule has 1 aromatic carbocycles. The number of amides is 1. The Morgan fingerprint density at radius 2 is 1.90 bits per heavy atom. The molecule has 3 heterocycles. The molecule has 4 rings (SSSR count). The second-order valence-corrected chi connectivity index (χ2v) is 8.16. The Morgan fingerprint density at radius 3 is 2.53 bits per heavy atom. The van der Waals surface area contributed by atoms with Crippen molar-refractivity contribution in [2.45, 2.75) is 43.9 Å². The highest BCUT2D eigenvalue weighted by molar-refractivity contribution is 5.76. The molecule has 0 saturated carbocycles. The zero-order valence-corrected chi connectivity index (χ0v) is 17.9. The van der Waals surface area contributed by atoms with Gasteiger partial charge in [-0.3, -0.25) is 14.7 Å². The zero-order valence-electron chi connectivity index (χ0n) is 17.9. The molecule has 0 bridgehead atoms. The van der Waals surface area contributed by atoms with Gasteiger partial charge in [0, 0.05) is 51.6 Å². The third-order valence-corrected chi connectivity index (χ3v) is 6.50. The highest BCUT2D eigenvalue weighted by Crippen LogP contribution is 2.39. The highest BCUT2D eigenvalue weighted by Gasteiger charge is 2.44. The van der Waals surface area contributed by atoms with E-state index in [2.05, 4.69) is 16.0 Å². The third-order valence-electron chi connectivity index (χ3n) is 6.50. The number of hydrogen-bond donors (Lipinski definition) is 0. The van der Waals surface area contributed by atoms with Gasteiger partial charge in [-0.05, 0) is 48.6 Å². The van der Waals surface area contributed by atoms with Crippen molar-refractivity contribution in [3.63, 3.8) is 0 Å². The Bertz CT molecular complexity index is 819. The van der Waals surface area contributed by atoms with E-state index in [1.807, 2.05) is 47.6 Å². The summed E-state index contributed by atoms with van der Waals surface area (Å²) in [5.74, 6) is 1.10. The quantitative estimate of drug-likeness (QED) is 0.703. The van der Waals surface area contributed by atoms with E-state index in [0.717, 1.165) is 44.6 Å². The molecular weight excluding hydrogens is 378 g/mol. The van der Waals surface area contributed by atoms with Gasteiger partial charge in [0.15, 0.2) is 0 Å². The second-order valence-electron chi connectivity index (χ2n) is 8.16. The molecule has 2 aliphatic rings. The number of ether oxygens (including phenoxy) is 2. The molecule has 160 valence electrons. The smallest absolute Gasteiger partial charge is 0.222 e. The van der Waals surface area contributed by atoms with Crippen molar-refractivity contribution in [3.05, 3.63) is 59.9 Å². The number of methoxy groups -OCH3 is 2. The van der Waals surface area contributed by atoms with Gasteiger partial charge in [0.2, 0.25) is 5.91 Å². The maximum atomic E-state index is 12.7. The number of pyridine rings is 1. The molecule has 1 aromatic heterocycles. The average molecular weight is 410 g/mol.